The summed E-state index contributed by atoms with van der Waals surface area (Å²) in [5, 5.41) is 9.94. The first kappa shape index (κ1) is 15.8. The van der Waals surface area contributed by atoms with Crippen LogP contribution in [0.2, 0.25) is 0 Å². The molecule has 0 aromatic heterocycles. The number of rotatable bonds is 6. The van der Waals surface area contributed by atoms with Gasteiger partial charge < -0.3 is 5.11 Å². The molecule has 0 saturated heterocycles. The molecule has 0 aromatic rings. The van der Waals surface area contributed by atoms with Crippen LogP contribution >= 0.6 is 0 Å². The average molecular weight is 252 g/mol. The molecule has 0 bridgehead atoms. The largest absolute Gasteiger partial charge is 0.392 e. The van der Waals surface area contributed by atoms with Crippen molar-refractivity contribution in [3.05, 3.63) is 0 Å². The maximum Gasteiger partial charge on any atom is 0.278 e. The zero-order chi connectivity index (χ0) is 13.1. The zero-order valence-electron chi connectivity index (χ0n) is 11.0. The lowest BCUT2D eigenvalue weighted by Crippen LogP contribution is -2.46. The van der Waals surface area contributed by atoms with Crippen molar-refractivity contribution in [2.75, 3.05) is 20.6 Å². The molecular formula is C10H24N2O3S. The maximum atomic E-state index is 11.5. The first-order valence-electron chi connectivity index (χ1n) is 5.36. The van der Waals surface area contributed by atoms with Crippen LogP contribution in [0, 0.1) is 11.3 Å². The predicted molar refractivity (Wildman–Crippen MR) is 65.2 cm³/mol. The van der Waals surface area contributed by atoms with Crippen molar-refractivity contribution in [2.24, 2.45) is 11.3 Å². The Morgan fingerprint density at radius 3 is 2.06 bits per heavy atom. The minimum atomic E-state index is -3.42. The lowest BCUT2D eigenvalue weighted by Gasteiger charge is -2.33. The molecule has 0 heterocycles. The summed E-state index contributed by atoms with van der Waals surface area (Å²) in [7, 11) is -0.485. The van der Waals surface area contributed by atoms with Gasteiger partial charge in [-0.1, -0.05) is 27.7 Å². The molecule has 16 heavy (non-hydrogen) atoms. The van der Waals surface area contributed by atoms with Crippen LogP contribution in [0.1, 0.15) is 27.7 Å². The van der Waals surface area contributed by atoms with Gasteiger partial charge in [0.2, 0.25) is 0 Å². The van der Waals surface area contributed by atoms with Crippen LogP contribution in [0.5, 0.6) is 0 Å². The van der Waals surface area contributed by atoms with E-state index in [4.69, 9.17) is 0 Å². The van der Waals surface area contributed by atoms with E-state index in [1.165, 1.54) is 14.1 Å². The van der Waals surface area contributed by atoms with Gasteiger partial charge in [-0.25, -0.2) is 4.72 Å². The standard InChI is InChI=1S/C10H24N2O3S/c1-8(2)9(13)10(3,4)7-11-16(14,15)12(5)6/h8-9,11,13H,7H2,1-6H3. The van der Waals surface area contributed by atoms with Crippen molar-refractivity contribution in [3.8, 4) is 0 Å². The lowest BCUT2D eigenvalue weighted by atomic mass is 9.81. The van der Waals surface area contributed by atoms with Crippen LogP contribution in [0.25, 0.3) is 0 Å². The van der Waals surface area contributed by atoms with Crippen molar-refractivity contribution < 1.29 is 13.5 Å². The normalized spacial score (nSPS) is 15.8. The van der Waals surface area contributed by atoms with Crippen LogP contribution in [-0.4, -0.2) is 44.6 Å². The first-order chi connectivity index (χ1) is 7.00. The Bertz CT molecular complexity index is 310. The summed E-state index contributed by atoms with van der Waals surface area (Å²) < 4.78 is 26.6. The van der Waals surface area contributed by atoms with Gasteiger partial charge in [0.25, 0.3) is 10.2 Å². The summed E-state index contributed by atoms with van der Waals surface area (Å²) >= 11 is 0. The van der Waals surface area contributed by atoms with E-state index in [1.807, 2.05) is 27.7 Å². The second-order valence-electron chi connectivity index (χ2n) is 5.29. The number of hydrogen-bond donors (Lipinski definition) is 2. The Balaban J connectivity index is 4.52. The number of aliphatic hydroxyl groups excluding tert-OH is 1. The fourth-order valence-electron chi connectivity index (χ4n) is 1.41. The zero-order valence-corrected chi connectivity index (χ0v) is 11.8. The number of nitrogens with one attached hydrogen (secondary N) is 1. The third kappa shape index (κ3) is 4.37. The van der Waals surface area contributed by atoms with Crippen LogP contribution in [0.15, 0.2) is 0 Å². The van der Waals surface area contributed by atoms with Crippen LogP contribution in [0.3, 0.4) is 0 Å². The van der Waals surface area contributed by atoms with Gasteiger partial charge in [-0.2, -0.15) is 12.7 Å². The third-order valence-electron chi connectivity index (χ3n) is 2.62. The average Bonchev–Trinajstić information content (AvgIpc) is 2.13. The molecule has 0 aliphatic rings. The summed E-state index contributed by atoms with van der Waals surface area (Å²) in [4.78, 5) is 0. The number of hydrogen-bond acceptors (Lipinski definition) is 3. The minimum Gasteiger partial charge on any atom is -0.392 e. The molecule has 0 rings (SSSR count). The number of nitrogens with zero attached hydrogens (tertiary/aromatic N) is 1. The molecule has 0 radical (unpaired) electrons. The van der Waals surface area contributed by atoms with E-state index in [-0.39, 0.29) is 12.5 Å². The minimum absolute atomic E-state index is 0.0962. The van der Waals surface area contributed by atoms with E-state index < -0.39 is 21.7 Å². The fraction of sp³-hybridized carbons (Fsp3) is 1.00. The predicted octanol–water partition coefficient (Wildman–Crippen LogP) is 0.426. The monoisotopic (exact) mass is 252 g/mol. The molecule has 0 aromatic carbocycles. The molecule has 5 nitrogen and oxygen atoms in total. The third-order valence-corrected chi connectivity index (χ3v) is 4.09. The van der Waals surface area contributed by atoms with Crippen molar-refractivity contribution in [3.63, 3.8) is 0 Å². The van der Waals surface area contributed by atoms with E-state index in [0.717, 1.165) is 4.31 Å². The summed E-state index contributed by atoms with van der Waals surface area (Å²) in [5.74, 6) is 0.0962. The Kier molecular flexibility index (Phi) is 5.38. The molecule has 1 unspecified atom stereocenters. The molecule has 2 N–H and O–H groups in total. The van der Waals surface area contributed by atoms with Gasteiger partial charge in [0, 0.05) is 26.1 Å². The van der Waals surface area contributed by atoms with Gasteiger partial charge in [-0.05, 0) is 5.92 Å². The molecule has 98 valence electrons. The summed E-state index contributed by atoms with van der Waals surface area (Å²) in [6, 6.07) is 0. The van der Waals surface area contributed by atoms with Crippen molar-refractivity contribution in [2.45, 2.75) is 33.8 Å². The lowest BCUT2D eigenvalue weighted by molar-refractivity contribution is 0.0164. The second-order valence-corrected chi connectivity index (χ2v) is 7.26. The smallest absolute Gasteiger partial charge is 0.278 e. The number of aliphatic hydroxyl groups is 1. The molecule has 0 fully saturated rings. The van der Waals surface area contributed by atoms with E-state index in [1.54, 1.807) is 0 Å². The van der Waals surface area contributed by atoms with Crippen molar-refractivity contribution in [1.29, 1.82) is 0 Å². The highest BCUT2D eigenvalue weighted by atomic mass is 32.2. The van der Waals surface area contributed by atoms with E-state index in [9.17, 15) is 13.5 Å². The van der Waals surface area contributed by atoms with E-state index in [2.05, 4.69) is 4.72 Å². The molecule has 0 aliphatic carbocycles. The fourth-order valence-corrected chi connectivity index (χ4v) is 2.23. The first-order valence-corrected chi connectivity index (χ1v) is 6.80. The van der Waals surface area contributed by atoms with Gasteiger partial charge in [0.05, 0.1) is 6.10 Å². The molecule has 0 saturated carbocycles. The molecular weight excluding hydrogens is 228 g/mol. The SMILES string of the molecule is CC(C)C(O)C(C)(C)CNS(=O)(=O)N(C)C. The second kappa shape index (κ2) is 5.44. The van der Waals surface area contributed by atoms with Crippen LogP contribution in [0.4, 0.5) is 0 Å². The quantitative estimate of drug-likeness (QED) is 0.720. The van der Waals surface area contributed by atoms with Gasteiger partial charge >= 0.3 is 0 Å². The van der Waals surface area contributed by atoms with Gasteiger partial charge in [0.15, 0.2) is 0 Å². The highest BCUT2D eigenvalue weighted by Gasteiger charge is 2.31. The Hall–Kier alpha value is -0.170. The van der Waals surface area contributed by atoms with Crippen molar-refractivity contribution >= 4 is 10.2 Å². The van der Waals surface area contributed by atoms with E-state index >= 15 is 0 Å². The van der Waals surface area contributed by atoms with Gasteiger partial charge in [0.1, 0.15) is 0 Å². The van der Waals surface area contributed by atoms with E-state index in [0.29, 0.717) is 0 Å². The molecule has 0 spiro atoms. The topological polar surface area (TPSA) is 69.6 Å². The molecule has 6 heteroatoms. The van der Waals surface area contributed by atoms with Crippen LogP contribution < -0.4 is 4.72 Å². The van der Waals surface area contributed by atoms with Gasteiger partial charge in [-0.15, -0.1) is 0 Å². The molecule has 0 aliphatic heterocycles. The van der Waals surface area contributed by atoms with Gasteiger partial charge in [-0.3, -0.25) is 0 Å². The van der Waals surface area contributed by atoms with Crippen molar-refractivity contribution in [1.82, 2.24) is 9.03 Å². The maximum absolute atomic E-state index is 11.5. The summed E-state index contributed by atoms with van der Waals surface area (Å²) in [5.41, 5.74) is -0.489. The van der Waals surface area contributed by atoms with Crippen LogP contribution in [-0.2, 0) is 10.2 Å². The summed E-state index contributed by atoms with van der Waals surface area (Å²) in [6.07, 6.45) is -0.544. The Labute approximate surface area is 99.0 Å². The highest BCUT2D eigenvalue weighted by molar-refractivity contribution is 7.87. The molecule has 1 atom stereocenters. The Morgan fingerprint density at radius 2 is 1.75 bits per heavy atom. The summed E-state index contributed by atoms with van der Waals surface area (Å²) in [6.45, 7) is 7.72. The highest BCUT2D eigenvalue weighted by Crippen LogP contribution is 2.25. The molecule has 0 amide bonds. The Morgan fingerprint density at radius 1 is 1.31 bits per heavy atom.